The van der Waals surface area contributed by atoms with E-state index >= 15 is 0 Å². The number of nitrogens with one attached hydrogen (secondary N) is 1. The van der Waals surface area contributed by atoms with Crippen LogP contribution in [-0.4, -0.2) is 22.3 Å². The minimum absolute atomic E-state index is 0.895. The molecule has 0 unspecified atom stereocenters. The van der Waals surface area contributed by atoms with Gasteiger partial charge >= 0.3 is 0 Å². The predicted molar refractivity (Wildman–Crippen MR) is 87.4 cm³/mol. The Labute approximate surface area is 123 Å². The molecule has 0 radical (unpaired) electrons. The number of thioether (sulfide) groups is 1. The molecule has 19 heavy (non-hydrogen) atoms. The van der Waals surface area contributed by atoms with Gasteiger partial charge in [0.25, 0.3) is 0 Å². The Balaban J connectivity index is 2.37. The van der Waals surface area contributed by atoms with E-state index in [2.05, 4.69) is 37.1 Å². The molecule has 0 bridgehead atoms. The third-order valence-electron chi connectivity index (χ3n) is 2.82. The first-order valence-corrected chi connectivity index (χ1v) is 8.86. The van der Waals surface area contributed by atoms with E-state index in [4.69, 9.17) is 4.98 Å². The summed E-state index contributed by atoms with van der Waals surface area (Å²) in [5, 5.41) is 4.62. The minimum atomic E-state index is 0.895. The maximum atomic E-state index is 4.70. The van der Waals surface area contributed by atoms with Crippen LogP contribution in [-0.2, 0) is 12.2 Å². The molecule has 0 fully saturated rings. The Morgan fingerprint density at radius 2 is 2.11 bits per heavy atom. The molecule has 104 valence electrons. The maximum absolute atomic E-state index is 4.70. The number of hydrogen-bond acceptors (Lipinski definition) is 5. The van der Waals surface area contributed by atoms with Gasteiger partial charge in [-0.15, -0.1) is 11.3 Å². The zero-order chi connectivity index (χ0) is 13.7. The summed E-state index contributed by atoms with van der Waals surface area (Å²) < 4.78 is 0. The largest absolute Gasteiger partial charge is 0.369 e. The highest BCUT2D eigenvalue weighted by molar-refractivity contribution is 7.98. The molecule has 2 aromatic heterocycles. The lowest BCUT2D eigenvalue weighted by molar-refractivity contribution is 0.961. The maximum Gasteiger partial charge on any atom is 0.142 e. The second-order valence-corrected chi connectivity index (χ2v) is 6.73. The highest BCUT2D eigenvalue weighted by Crippen LogP contribution is 2.30. The van der Waals surface area contributed by atoms with Crippen LogP contribution in [0.25, 0.3) is 10.2 Å². The van der Waals surface area contributed by atoms with Gasteiger partial charge in [-0.1, -0.05) is 20.8 Å². The number of aryl methyl sites for hydroxylation is 1. The smallest absolute Gasteiger partial charge is 0.142 e. The summed E-state index contributed by atoms with van der Waals surface area (Å²) in [5.41, 5.74) is 0. The van der Waals surface area contributed by atoms with Crippen molar-refractivity contribution in [3.63, 3.8) is 0 Å². The molecule has 2 heterocycles. The summed E-state index contributed by atoms with van der Waals surface area (Å²) in [6.07, 6.45) is 2.17. The Hall–Kier alpha value is -0.810. The van der Waals surface area contributed by atoms with Crippen LogP contribution in [0, 0.1) is 0 Å². The second-order valence-electron chi connectivity index (χ2n) is 4.34. The Morgan fingerprint density at radius 3 is 2.79 bits per heavy atom. The van der Waals surface area contributed by atoms with Crippen molar-refractivity contribution in [3.8, 4) is 0 Å². The van der Waals surface area contributed by atoms with E-state index < -0.39 is 0 Å². The van der Waals surface area contributed by atoms with Gasteiger partial charge in [-0.05, 0) is 24.7 Å². The van der Waals surface area contributed by atoms with Crippen LogP contribution in [0.4, 0.5) is 5.82 Å². The molecule has 0 atom stereocenters. The third-order valence-corrected chi connectivity index (χ3v) is 4.86. The fourth-order valence-electron chi connectivity index (χ4n) is 1.83. The average Bonchev–Trinajstić information content (AvgIpc) is 2.85. The van der Waals surface area contributed by atoms with Gasteiger partial charge in [0.1, 0.15) is 16.5 Å². The molecule has 0 aromatic carbocycles. The van der Waals surface area contributed by atoms with Gasteiger partial charge in [0.15, 0.2) is 0 Å². The van der Waals surface area contributed by atoms with Crippen molar-refractivity contribution in [3.05, 3.63) is 16.8 Å². The van der Waals surface area contributed by atoms with Gasteiger partial charge < -0.3 is 5.32 Å². The van der Waals surface area contributed by atoms with Gasteiger partial charge in [0.2, 0.25) is 0 Å². The fraction of sp³-hybridized carbons (Fsp3) is 0.571. The van der Waals surface area contributed by atoms with Gasteiger partial charge in [0.05, 0.1) is 11.1 Å². The molecule has 0 saturated carbocycles. The second kappa shape index (κ2) is 7.10. The van der Waals surface area contributed by atoms with Gasteiger partial charge in [-0.3, -0.25) is 0 Å². The molecule has 0 aliphatic carbocycles. The lowest BCUT2D eigenvalue weighted by Gasteiger charge is -2.07. The zero-order valence-corrected chi connectivity index (χ0v) is 13.5. The molecule has 1 N–H and O–H groups in total. The first kappa shape index (κ1) is 14.6. The van der Waals surface area contributed by atoms with E-state index in [1.807, 2.05) is 11.8 Å². The van der Waals surface area contributed by atoms with Crippen LogP contribution < -0.4 is 5.32 Å². The number of nitrogens with zero attached hydrogens (tertiary/aromatic N) is 2. The molecule has 2 aromatic rings. The minimum Gasteiger partial charge on any atom is -0.369 e. The van der Waals surface area contributed by atoms with Gasteiger partial charge in [-0.2, -0.15) is 11.8 Å². The standard InChI is InChI=1S/C14H21N3S2/c1-4-7-15-13-11-8-10(5-2)19-14(11)17-12(16-13)9-18-6-3/h8H,4-7,9H2,1-3H3,(H,15,16,17). The van der Waals surface area contributed by atoms with Crippen molar-refractivity contribution in [2.45, 2.75) is 39.4 Å². The van der Waals surface area contributed by atoms with Crippen molar-refractivity contribution in [2.24, 2.45) is 0 Å². The van der Waals surface area contributed by atoms with Crippen LogP contribution >= 0.6 is 23.1 Å². The Morgan fingerprint density at radius 1 is 1.26 bits per heavy atom. The molecule has 3 nitrogen and oxygen atoms in total. The highest BCUT2D eigenvalue weighted by atomic mass is 32.2. The van der Waals surface area contributed by atoms with Crippen LogP contribution in [0.1, 0.15) is 37.9 Å². The lowest BCUT2D eigenvalue weighted by atomic mass is 10.3. The molecular weight excluding hydrogens is 274 g/mol. The molecule has 0 spiro atoms. The zero-order valence-electron chi connectivity index (χ0n) is 11.8. The van der Waals surface area contributed by atoms with Crippen molar-refractivity contribution in [1.82, 2.24) is 9.97 Å². The van der Waals surface area contributed by atoms with Crippen LogP contribution in [0.5, 0.6) is 0 Å². The van der Waals surface area contributed by atoms with E-state index in [9.17, 15) is 0 Å². The summed E-state index contributed by atoms with van der Waals surface area (Å²) in [6.45, 7) is 7.49. The SMILES string of the molecule is CCCNc1nc(CSCC)nc2sc(CC)cc12. The summed E-state index contributed by atoms with van der Waals surface area (Å²) in [7, 11) is 0. The van der Waals surface area contributed by atoms with Crippen molar-refractivity contribution >= 4 is 39.1 Å². The molecular formula is C14H21N3S2. The average molecular weight is 295 g/mol. The highest BCUT2D eigenvalue weighted by Gasteiger charge is 2.10. The number of thiophene rings is 1. The first-order valence-electron chi connectivity index (χ1n) is 6.89. The number of aromatic nitrogens is 2. The molecule has 0 amide bonds. The molecule has 2 rings (SSSR count). The van der Waals surface area contributed by atoms with Crippen LogP contribution in [0.3, 0.4) is 0 Å². The van der Waals surface area contributed by atoms with E-state index in [0.717, 1.165) is 47.4 Å². The number of rotatable bonds is 7. The topological polar surface area (TPSA) is 37.8 Å². The Bertz CT molecular complexity index is 537. The van der Waals surface area contributed by atoms with Gasteiger partial charge in [-0.25, -0.2) is 9.97 Å². The van der Waals surface area contributed by atoms with E-state index in [1.165, 1.54) is 10.3 Å². The number of anilines is 1. The van der Waals surface area contributed by atoms with Gasteiger partial charge in [0, 0.05) is 11.4 Å². The predicted octanol–water partition coefficient (Wildman–Crippen LogP) is 4.33. The van der Waals surface area contributed by atoms with E-state index in [1.54, 1.807) is 11.3 Å². The molecule has 0 aliphatic heterocycles. The first-order chi connectivity index (χ1) is 9.28. The molecule has 5 heteroatoms. The van der Waals surface area contributed by atoms with Crippen LogP contribution in [0.2, 0.25) is 0 Å². The molecule has 0 saturated heterocycles. The normalized spacial score (nSPS) is 11.1. The molecule has 0 aliphatic rings. The summed E-state index contributed by atoms with van der Waals surface area (Å²) in [4.78, 5) is 11.9. The third kappa shape index (κ3) is 3.60. The van der Waals surface area contributed by atoms with Crippen molar-refractivity contribution in [1.29, 1.82) is 0 Å². The van der Waals surface area contributed by atoms with Crippen molar-refractivity contribution in [2.75, 3.05) is 17.6 Å². The number of fused-ring (bicyclic) bond motifs is 1. The van der Waals surface area contributed by atoms with Crippen LogP contribution in [0.15, 0.2) is 6.07 Å². The fourth-order valence-corrected chi connectivity index (χ4v) is 3.33. The quantitative estimate of drug-likeness (QED) is 0.825. The van der Waals surface area contributed by atoms with Crippen molar-refractivity contribution < 1.29 is 0 Å². The summed E-state index contributed by atoms with van der Waals surface area (Å²) >= 11 is 3.66. The monoisotopic (exact) mass is 295 g/mol. The summed E-state index contributed by atoms with van der Waals surface area (Å²) in [5.74, 6) is 3.95. The Kier molecular flexibility index (Phi) is 5.45. The summed E-state index contributed by atoms with van der Waals surface area (Å²) in [6, 6.07) is 2.23. The van der Waals surface area contributed by atoms with E-state index in [-0.39, 0.29) is 0 Å². The number of hydrogen-bond donors (Lipinski definition) is 1. The lowest BCUT2D eigenvalue weighted by Crippen LogP contribution is -2.05. The van der Waals surface area contributed by atoms with E-state index in [0.29, 0.717) is 0 Å².